The van der Waals surface area contributed by atoms with Gasteiger partial charge < -0.3 is 10.1 Å². The normalized spacial score (nSPS) is 10.2. The van der Waals surface area contributed by atoms with Crippen molar-refractivity contribution >= 4 is 23.2 Å². The Morgan fingerprint density at radius 3 is 2.63 bits per heavy atom. The number of ether oxygens (including phenoxy) is 1. The van der Waals surface area contributed by atoms with E-state index in [1.165, 1.54) is 18.4 Å². The summed E-state index contributed by atoms with van der Waals surface area (Å²) >= 11 is 1.47. The maximum atomic E-state index is 11.8. The zero-order valence-corrected chi connectivity index (χ0v) is 12.3. The minimum atomic E-state index is -0.151. The minimum Gasteiger partial charge on any atom is -0.469 e. The lowest BCUT2D eigenvalue weighted by molar-refractivity contribution is -0.140. The van der Waals surface area contributed by atoms with E-state index in [4.69, 9.17) is 0 Å². The molecular formula is C14H21NO3S. The van der Waals surface area contributed by atoms with Crippen molar-refractivity contribution in [1.29, 1.82) is 0 Å². The van der Waals surface area contributed by atoms with E-state index in [2.05, 4.69) is 10.1 Å². The molecule has 0 atom stereocenters. The number of aryl methyl sites for hydroxylation is 1. The monoisotopic (exact) mass is 283 g/mol. The number of nitrogens with one attached hydrogen (secondary N) is 1. The van der Waals surface area contributed by atoms with Crippen LogP contribution in [-0.4, -0.2) is 25.5 Å². The van der Waals surface area contributed by atoms with E-state index in [9.17, 15) is 9.59 Å². The number of rotatable bonds is 8. The second-order valence-electron chi connectivity index (χ2n) is 4.43. The molecule has 0 spiro atoms. The number of hydrogen-bond acceptors (Lipinski definition) is 4. The van der Waals surface area contributed by atoms with Gasteiger partial charge in [-0.2, -0.15) is 0 Å². The summed E-state index contributed by atoms with van der Waals surface area (Å²) in [6.45, 7) is 2.63. The van der Waals surface area contributed by atoms with Gasteiger partial charge in [0.05, 0.1) is 12.0 Å². The number of unbranched alkanes of at least 4 members (excludes halogenated alkanes) is 3. The molecule has 1 amide bonds. The maximum absolute atomic E-state index is 11.8. The van der Waals surface area contributed by atoms with Gasteiger partial charge in [0.1, 0.15) is 0 Å². The zero-order chi connectivity index (χ0) is 14.1. The molecule has 5 heteroatoms. The Labute approximate surface area is 118 Å². The molecular weight excluding hydrogens is 262 g/mol. The molecule has 0 unspecified atom stereocenters. The molecule has 0 radical (unpaired) electrons. The Bertz CT molecular complexity index is 415. The van der Waals surface area contributed by atoms with Gasteiger partial charge in [-0.1, -0.05) is 12.8 Å². The number of thiophene rings is 1. The van der Waals surface area contributed by atoms with Crippen LogP contribution in [0, 0.1) is 6.92 Å². The molecule has 4 nitrogen and oxygen atoms in total. The highest BCUT2D eigenvalue weighted by molar-refractivity contribution is 7.12. The minimum absolute atomic E-state index is 0.0158. The van der Waals surface area contributed by atoms with Crippen LogP contribution in [0.5, 0.6) is 0 Å². The van der Waals surface area contributed by atoms with Crippen LogP contribution in [0.15, 0.2) is 11.4 Å². The number of amides is 1. The number of carbonyl (C=O) groups excluding carboxylic acids is 2. The number of hydrogen-bond donors (Lipinski definition) is 1. The molecule has 0 saturated carbocycles. The number of methoxy groups -OCH3 is 1. The van der Waals surface area contributed by atoms with Crippen molar-refractivity contribution in [2.45, 2.75) is 39.0 Å². The van der Waals surface area contributed by atoms with Crippen LogP contribution in [0.3, 0.4) is 0 Å². The van der Waals surface area contributed by atoms with Crippen molar-refractivity contribution in [3.8, 4) is 0 Å². The molecule has 0 aromatic carbocycles. The lowest BCUT2D eigenvalue weighted by Crippen LogP contribution is -2.24. The highest BCUT2D eigenvalue weighted by Gasteiger charge is 2.08. The molecule has 1 N–H and O–H groups in total. The van der Waals surface area contributed by atoms with Crippen molar-refractivity contribution < 1.29 is 14.3 Å². The highest BCUT2D eigenvalue weighted by Crippen LogP contribution is 2.15. The fraction of sp³-hybridized carbons (Fsp3) is 0.571. The summed E-state index contributed by atoms with van der Waals surface area (Å²) in [6.07, 6.45) is 4.28. The van der Waals surface area contributed by atoms with Gasteiger partial charge in [0.2, 0.25) is 0 Å². The van der Waals surface area contributed by atoms with Crippen LogP contribution in [-0.2, 0) is 9.53 Å². The first kappa shape index (κ1) is 15.7. The van der Waals surface area contributed by atoms with Crippen LogP contribution in [0.4, 0.5) is 0 Å². The van der Waals surface area contributed by atoms with Crippen LogP contribution in [0.1, 0.15) is 47.3 Å². The van der Waals surface area contributed by atoms with Gasteiger partial charge in [-0.25, -0.2) is 0 Å². The van der Waals surface area contributed by atoms with Gasteiger partial charge in [-0.05, 0) is 36.8 Å². The Kier molecular flexibility index (Phi) is 7.18. The third kappa shape index (κ3) is 5.87. The summed E-state index contributed by atoms with van der Waals surface area (Å²) in [5.74, 6) is -0.136. The van der Waals surface area contributed by atoms with Crippen LogP contribution in [0.2, 0.25) is 0 Å². The molecule has 1 rings (SSSR count). The van der Waals surface area contributed by atoms with Crippen molar-refractivity contribution in [3.05, 3.63) is 21.9 Å². The molecule has 1 aromatic heterocycles. The largest absolute Gasteiger partial charge is 0.469 e. The van der Waals surface area contributed by atoms with E-state index in [-0.39, 0.29) is 11.9 Å². The molecule has 1 aromatic rings. The summed E-state index contributed by atoms with van der Waals surface area (Å²) in [5.41, 5.74) is 1.03. The van der Waals surface area contributed by atoms with Crippen LogP contribution < -0.4 is 5.32 Å². The first-order chi connectivity index (χ1) is 9.15. The van der Waals surface area contributed by atoms with E-state index >= 15 is 0 Å². The lowest BCUT2D eigenvalue weighted by Gasteiger charge is -2.04. The first-order valence-corrected chi connectivity index (χ1v) is 7.42. The lowest BCUT2D eigenvalue weighted by atomic mass is 10.1. The van der Waals surface area contributed by atoms with Crippen molar-refractivity contribution in [2.24, 2.45) is 0 Å². The van der Waals surface area contributed by atoms with E-state index in [0.717, 1.165) is 36.1 Å². The molecule has 0 fully saturated rings. The maximum Gasteiger partial charge on any atom is 0.305 e. The van der Waals surface area contributed by atoms with Gasteiger partial charge in [0.15, 0.2) is 0 Å². The molecule has 1 heterocycles. The SMILES string of the molecule is COC(=O)CCCCCCNC(=O)c1sccc1C. The molecule has 0 bridgehead atoms. The molecule has 0 aliphatic heterocycles. The predicted molar refractivity (Wildman–Crippen MR) is 76.5 cm³/mol. The summed E-state index contributed by atoms with van der Waals surface area (Å²) in [5, 5.41) is 4.84. The summed E-state index contributed by atoms with van der Waals surface area (Å²) < 4.78 is 4.57. The Morgan fingerprint density at radius 2 is 2.00 bits per heavy atom. The fourth-order valence-corrected chi connectivity index (χ4v) is 2.58. The van der Waals surface area contributed by atoms with Crippen molar-refractivity contribution in [1.82, 2.24) is 5.32 Å². The van der Waals surface area contributed by atoms with Gasteiger partial charge in [-0.3, -0.25) is 9.59 Å². The van der Waals surface area contributed by atoms with Crippen molar-refractivity contribution in [3.63, 3.8) is 0 Å². The predicted octanol–water partition coefficient (Wildman–Crippen LogP) is 2.91. The summed E-state index contributed by atoms with van der Waals surface area (Å²) in [7, 11) is 1.41. The Morgan fingerprint density at radius 1 is 1.26 bits per heavy atom. The van der Waals surface area contributed by atoms with Gasteiger partial charge in [0.25, 0.3) is 5.91 Å². The van der Waals surface area contributed by atoms with Crippen molar-refractivity contribution in [2.75, 3.05) is 13.7 Å². The van der Waals surface area contributed by atoms with E-state index in [1.54, 1.807) is 0 Å². The summed E-state index contributed by atoms with van der Waals surface area (Å²) in [6, 6.07) is 1.95. The number of esters is 1. The summed E-state index contributed by atoms with van der Waals surface area (Å²) in [4.78, 5) is 23.5. The van der Waals surface area contributed by atoms with Gasteiger partial charge in [-0.15, -0.1) is 11.3 Å². The molecule has 0 aliphatic rings. The van der Waals surface area contributed by atoms with E-state index in [1.807, 2.05) is 18.4 Å². The second kappa shape index (κ2) is 8.69. The standard InChI is InChI=1S/C14H21NO3S/c1-11-8-10-19-13(11)14(17)15-9-6-4-3-5-7-12(16)18-2/h8,10H,3-7,9H2,1-2H3,(H,15,17). The average Bonchev–Trinajstić information content (AvgIpc) is 2.83. The smallest absolute Gasteiger partial charge is 0.305 e. The Balaban J connectivity index is 2.04. The number of carbonyl (C=O) groups is 2. The molecule has 0 aliphatic carbocycles. The zero-order valence-electron chi connectivity index (χ0n) is 11.5. The highest BCUT2D eigenvalue weighted by atomic mass is 32.1. The topological polar surface area (TPSA) is 55.4 Å². The first-order valence-electron chi connectivity index (χ1n) is 6.54. The second-order valence-corrected chi connectivity index (χ2v) is 5.35. The molecule has 19 heavy (non-hydrogen) atoms. The molecule has 0 saturated heterocycles. The third-order valence-corrected chi connectivity index (χ3v) is 3.90. The van der Waals surface area contributed by atoms with Crippen LogP contribution >= 0.6 is 11.3 Å². The van der Waals surface area contributed by atoms with E-state index in [0.29, 0.717) is 13.0 Å². The Hall–Kier alpha value is -1.36. The third-order valence-electron chi connectivity index (χ3n) is 2.89. The average molecular weight is 283 g/mol. The van der Waals surface area contributed by atoms with E-state index < -0.39 is 0 Å². The fourth-order valence-electron chi connectivity index (χ4n) is 1.74. The van der Waals surface area contributed by atoms with Gasteiger partial charge in [0, 0.05) is 13.0 Å². The molecule has 106 valence electrons. The quantitative estimate of drug-likeness (QED) is 0.589. The van der Waals surface area contributed by atoms with Gasteiger partial charge >= 0.3 is 5.97 Å². The van der Waals surface area contributed by atoms with Crippen LogP contribution in [0.25, 0.3) is 0 Å².